The van der Waals surface area contributed by atoms with Gasteiger partial charge in [-0.3, -0.25) is 4.79 Å². The molecular weight excluding hydrogens is 508 g/mol. The van der Waals surface area contributed by atoms with Crippen LogP contribution >= 0.6 is 11.8 Å². The van der Waals surface area contributed by atoms with Gasteiger partial charge >= 0.3 is 6.03 Å². The Labute approximate surface area is 232 Å². The van der Waals surface area contributed by atoms with Crippen molar-refractivity contribution in [2.75, 3.05) is 23.5 Å². The summed E-state index contributed by atoms with van der Waals surface area (Å²) in [6.45, 7) is 3.95. The third kappa shape index (κ3) is 5.61. The van der Waals surface area contributed by atoms with Gasteiger partial charge in [0.25, 0.3) is 5.91 Å². The number of para-hydroxylation sites is 2. The van der Waals surface area contributed by atoms with E-state index in [-0.39, 0.29) is 11.9 Å². The number of nitrogens with one attached hydrogen (secondary N) is 3. The predicted molar refractivity (Wildman–Crippen MR) is 158 cm³/mol. The Morgan fingerprint density at radius 1 is 0.949 bits per heavy atom. The number of nitrogens with zero attached hydrogens (tertiary/aromatic N) is 1. The number of hydrogen-bond donors (Lipinski definition) is 3. The number of allylic oxidation sites excluding steroid dienone is 1. The van der Waals surface area contributed by atoms with E-state index in [4.69, 9.17) is 9.73 Å². The van der Waals surface area contributed by atoms with Gasteiger partial charge in [-0.05, 0) is 48.7 Å². The topological polar surface area (TPSA) is 91.8 Å². The van der Waals surface area contributed by atoms with Crippen LogP contribution in [0.5, 0.6) is 5.75 Å². The zero-order valence-electron chi connectivity index (χ0n) is 22.1. The number of thioether (sulfide) groups is 1. The molecule has 1 atom stereocenters. The van der Waals surface area contributed by atoms with E-state index >= 15 is 0 Å². The molecule has 5 rings (SSSR count). The number of aryl methyl sites for hydroxylation is 1. The van der Waals surface area contributed by atoms with Crippen LogP contribution in [0, 0.1) is 0 Å². The number of ether oxygens (including phenoxy) is 1. The van der Waals surface area contributed by atoms with E-state index in [1.54, 1.807) is 31.0 Å². The zero-order valence-corrected chi connectivity index (χ0v) is 22.9. The van der Waals surface area contributed by atoms with Crippen molar-refractivity contribution in [2.45, 2.75) is 26.2 Å². The zero-order chi connectivity index (χ0) is 27.4. The molecule has 3 amide bonds. The van der Waals surface area contributed by atoms with Crippen molar-refractivity contribution in [3.63, 3.8) is 0 Å². The highest BCUT2D eigenvalue weighted by Crippen LogP contribution is 2.46. The number of aliphatic imine (C=N–C) groups is 1. The summed E-state index contributed by atoms with van der Waals surface area (Å²) in [6.07, 6.45) is 0.933. The molecule has 2 aliphatic heterocycles. The lowest BCUT2D eigenvalue weighted by Crippen LogP contribution is -2.32. The second-order valence-corrected chi connectivity index (χ2v) is 10.2. The number of rotatable bonds is 7. The van der Waals surface area contributed by atoms with Crippen molar-refractivity contribution in [1.82, 2.24) is 5.32 Å². The third-order valence-electron chi connectivity index (χ3n) is 6.76. The molecule has 198 valence electrons. The molecule has 0 saturated heterocycles. The molecule has 3 aromatic carbocycles. The van der Waals surface area contributed by atoms with Crippen LogP contribution in [0.25, 0.3) is 0 Å². The van der Waals surface area contributed by atoms with Crippen molar-refractivity contribution in [2.24, 2.45) is 4.99 Å². The average molecular weight is 539 g/mol. The maximum atomic E-state index is 13.8. The van der Waals surface area contributed by atoms with Crippen molar-refractivity contribution >= 4 is 40.1 Å². The van der Waals surface area contributed by atoms with Crippen LogP contribution in [0.2, 0.25) is 0 Å². The Hall–Kier alpha value is -4.30. The Morgan fingerprint density at radius 3 is 2.38 bits per heavy atom. The maximum Gasteiger partial charge on any atom is 0.323 e. The summed E-state index contributed by atoms with van der Waals surface area (Å²) in [5.41, 5.74) is 6.20. The van der Waals surface area contributed by atoms with Gasteiger partial charge in [0.05, 0.1) is 18.4 Å². The fourth-order valence-electron chi connectivity index (χ4n) is 4.82. The Balaban J connectivity index is 1.49. The number of methoxy groups -OCH3 is 1. The summed E-state index contributed by atoms with van der Waals surface area (Å²) in [4.78, 5) is 31.6. The van der Waals surface area contributed by atoms with Gasteiger partial charge in [-0.25, -0.2) is 9.79 Å². The molecule has 7 nitrogen and oxygen atoms in total. The number of hydrogen-bond acceptors (Lipinski definition) is 5. The summed E-state index contributed by atoms with van der Waals surface area (Å²) in [7, 11) is 1.57. The third-order valence-corrected chi connectivity index (χ3v) is 7.78. The smallest absolute Gasteiger partial charge is 0.323 e. The fourth-order valence-corrected chi connectivity index (χ4v) is 5.93. The second kappa shape index (κ2) is 11.6. The number of fused-ring (bicyclic) bond motifs is 1. The minimum Gasteiger partial charge on any atom is -0.495 e. The van der Waals surface area contributed by atoms with Crippen molar-refractivity contribution in [3.8, 4) is 5.75 Å². The summed E-state index contributed by atoms with van der Waals surface area (Å²) >= 11 is 1.56. The number of amides is 3. The van der Waals surface area contributed by atoms with Crippen LogP contribution in [-0.4, -0.2) is 29.8 Å². The molecule has 0 spiro atoms. The van der Waals surface area contributed by atoms with E-state index in [1.807, 2.05) is 73.7 Å². The molecule has 0 saturated carbocycles. The van der Waals surface area contributed by atoms with Crippen LogP contribution in [0.15, 0.2) is 106 Å². The first-order valence-corrected chi connectivity index (χ1v) is 13.8. The number of carbonyl (C=O) groups is 2. The van der Waals surface area contributed by atoms with Crippen LogP contribution in [0.3, 0.4) is 0 Å². The van der Waals surface area contributed by atoms with Gasteiger partial charge < -0.3 is 20.7 Å². The first kappa shape index (κ1) is 26.3. The van der Waals surface area contributed by atoms with Crippen LogP contribution in [-0.2, 0) is 11.2 Å². The average Bonchev–Trinajstić information content (AvgIpc) is 3.34. The molecule has 0 aliphatic carbocycles. The molecule has 1 unspecified atom stereocenters. The van der Waals surface area contributed by atoms with Gasteiger partial charge in [-0.1, -0.05) is 73.3 Å². The SMILES string of the molecule is CCc1ccc(NC(=O)NC2=C3C(=NC(C)=C(C(=O)Nc4ccccc4OC)C3c3ccccc3)SC2)cc1. The highest BCUT2D eigenvalue weighted by Gasteiger charge is 2.39. The van der Waals surface area contributed by atoms with E-state index in [0.29, 0.717) is 34.1 Å². The predicted octanol–water partition coefficient (Wildman–Crippen LogP) is 6.49. The minimum atomic E-state index is -0.400. The van der Waals surface area contributed by atoms with Crippen molar-refractivity contribution in [3.05, 3.63) is 113 Å². The molecule has 0 aromatic heterocycles. The molecule has 3 aromatic rings. The van der Waals surface area contributed by atoms with Crippen molar-refractivity contribution in [1.29, 1.82) is 0 Å². The summed E-state index contributed by atoms with van der Waals surface area (Å²) < 4.78 is 5.44. The molecule has 2 heterocycles. The standard InChI is InChI=1S/C31H30N4O3S/c1-4-20-14-16-22(17-15-20)33-31(37)35-24-18-39-30-28(24)27(21-10-6-5-7-11-21)26(19(2)32-30)29(36)34-23-12-8-9-13-25(23)38-3/h5-17,27H,4,18H2,1-3H3,(H,34,36)(H2,33,35,37). The van der Waals surface area contributed by atoms with Gasteiger partial charge in [-0.2, -0.15) is 0 Å². The minimum absolute atomic E-state index is 0.266. The van der Waals surface area contributed by atoms with E-state index in [9.17, 15) is 9.59 Å². The largest absolute Gasteiger partial charge is 0.495 e. The van der Waals surface area contributed by atoms with Gasteiger partial charge in [0.1, 0.15) is 10.8 Å². The van der Waals surface area contributed by atoms with Crippen molar-refractivity contribution < 1.29 is 14.3 Å². The lowest BCUT2D eigenvalue weighted by Gasteiger charge is -2.28. The lowest BCUT2D eigenvalue weighted by molar-refractivity contribution is -0.113. The second-order valence-electron chi connectivity index (χ2n) is 9.22. The first-order valence-electron chi connectivity index (χ1n) is 12.8. The Morgan fingerprint density at radius 2 is 1.67 bits per heavy atom. The molecule has 0 fully saturated rings. The summed E-state index contributed by atoms with van der Waals surface area (Å²) in [6, 6.07) is 24.6. The Kier molecular flexibility index (Phi) is 7.84. The molecule has 2 aliphatic rings. The highest BCUT2D eigenvalue weighted by molar-refractivity contribution is 8.15. The molecule has 0 bridgehead atoms. The molecule has 8 heteroatoms. The van der Waals surface area contributed by atoms with Gasteiger partial charge in [0.2, 0.25) is 0 Å². The summed E-state index contributed by atoms with van der Waals surface area (Å²) in [5, 5.41) is 9.81. The molecular formula is C31H30N4O3S. The van der Waals surface area contributed by atoms with Gasteiger partial charge in [0.15, 0.2) is 0 Å². The number of benzene rings is 3. The number of anilines is 2. The maximum absolute atomic E-state index is 13.8. The number of carbonyl (C=O) groups excluding carboxylic acids is 2. The summed E-state index contributed by atoms with van der Waals surface area (Å²) in [5.74, 6) is 0.455. The number of urea groups is 1. The monoisotopic (exact) mass is 538 g/mol. The molecule has 39 heavy (non-hydrogen) atoms. The lowest BCUT2D eigenvalue weighted by atomic mass is 9.81. The first-order chi connectivity index (χ1) is 19.0. The fraction of sp³-hybridized carbons (Fsp3) is 0.194. The van der Waals surface area contributed by atoms with Gasteiger partial charge in [-0.15, -0.1) is 0 Å². The molecule has 0 radical (unpaired) electrons. The Bertz CT molecular complexity index is 1490. The normalized spacial score (nSPS) is 16.4. The highest BCUT2D eigenvalue weighted by atomic mass is 32.2. The van der Waals surface area contributed by atoms with E-state index < -0.39 is 5.92 Å². The van der Waals surface area contributed by atoms with Crippen LogP contribution < -0.4 is 20.7 Å². The van der Waals surface area contributed by atoms with Crippen LogP contribution in [0.1, 0.15) is 30.9 Å². The van der Waals surface area contributed by atoms with Crippen LogP contribution in [0.4, 0.5) is 16.2 Å². The molecule has 3 N–H and O–H groups in total. The van der Waals surface area contributed by atoms with E-state index in [1.165, 1.54) is 5.56 Å². The quantitative estimate of drug-likeness (QED) is 0.321. The van der Waals surface area contributed by atoms with Gasteiger partial charge in [0, 0.05) is 34.3 Å². The van der Waals surface area contributed by atoms with E-state index in [0.717, 1.165) is 28.3 Å². The van der Waals surface area contributed by atoms with E-state index in [2.05, 4.69) is 22.9 Å².